The van der Waals surface area contributed by atoms with Gasteiger partial charge in [0.1, 0.15) is 0 Å². The van der Waals surface area contributed by atoms with E-state index in [1.165, 1.54) is 51.5 Å². The molecule has 0 aliphatic heterocycles. The molecule has 0 saturated heterocycles. The number of nitrogens with zero attached hydrogens (tertiary/aromatic N) is 1. The van der Waals surface area contributed by atoms with E-state index in [0.29, 0.717) is 6.61 Å². The van der Waals surface area contributed by atoms with Crippen molar-refractivity contribution >= 4 is 15.9 Å². The minimum absolute atomic E-state index is 0.323. The number of rotatable bonds is 13. The van der Waals surface area contributed by atoms with Gasteiger partial charge in [0.25, 0.3) is 0 Å². The number of hydrogen-bond donors (Lipinski definition) is 1. The van der Waals surface area contributed by atoms with Crippen LogP contribution in [0.4, 0.5) is 0 Å². The lowest BCUT2D eigenvalue weighted by Crippen LogP contribution is -2.26. The summed E-state index contributed by atoms with van der Waals surface area (Å²) in [5, 5.41) is 9.95. The van der Waals surface area contributed by atoms with Crippen LogP contribution in [0.3, 0.4) is 0 Å². The molecule has 0 heterocycles. The van der Waals surface area contributed by atoms with Gasteiger partial charge in [-0.3, -0.25) is 0 Å². The van der Waals surface area contributed by atoms with Gasteiger partial charge in [0, 0.05) is 18.5 Å². The van der Waals surface area contributed by atoms with Crippen molar-refractivity contribution in [2.24, 2.45) is 0 Å². The molecule has 0 saturated carbocycles. The topological polar surface area (TPSA) is 23.5 Å². The molecule has 0 aromatic carbocycles. The Balaban J connectivity index is 3.19. The fraction of sp³-hybridized carbons (Fsp3) is 1.00. The molecule has 3 heteroatoms. The first-order chi connectivity index (χ1) is 8.35. The molecule has 0 fully saturated rings. The smallest absolute Gasteiger partial charge is 0.0443 e. The Morgan fingerprint density at radius 3 is 1.88 bits per heavy atom. The summed E-state index contributed by atoms with van der Waals surface area (Å²) in [6.07, 6.45) is 10.5. The molecule has 0 bridgehead atoms. The summed E-state index contributed by atoms with van der Waals surface area (Å²) in [7, 11) is 0. The molecule has 0 aliphatic rings. The van der Waals surface area contributed by atoms with Crippen molar-refractivity contribution in [1.82, 2.24) is 4.90 Å². The van der Waals surface area contributed by atoms with Crippen molar-refractivity contribution in [2.75, 3.05) is 31.6 Å². The highest BCUT2D eigenvalue weighted by atomic mass is 79.9. The van der Waals surface area contributed by atoms with Crippen LogP contribution in [-0.2, 0) is 0 Å². The van der Waals surface area contributed by atoms with Crippen molar-refractivity contribution in [3.05, 3.63) is 0 Å². The van der Waals surface area contributed by atoms with E-state index in [-0.39, 0.29) is 0 Å². The molecule has 0 amide bonds. The van der Waals surface area contributed by atoms with Crippen LogP contribution in [0, 0.1) is 0 Å². The van der Waals surface area contributed by atoms with Gasteiger partial charge < -0.3 is 10.0 Å². The van der Waals surface area contributed by atoms with E-state index in [0.717, 1.165) is 24.8 Å². The minimum atomic E-state index is 0.323. The second kappa shape index (κ2) is 14.5. The first kappa shape index (κ1) is 17.4. The van der Waals surface area contributed by atoms with Crippen LogP contribution in [-0.4, -0.2) is 41.6 Å². The van der Waals surface area contributed by atoms with Crippen LogP contribution >= 0.6 is 15.9 Å². The molecule has 0 spiro atoms. The predicted octanol–water partition coefficient (Wildman–Crippen LogP) is 3.82. The van der Waals surface area contributed by atoms with Crippen LogP contribution in [0.1, 0.15) is 58.3 Å². The standard InChI is InChI=1S/C14H30BrNO/c1-2-16(13-10-14-17)12-9-7-5-3-4-6-8-11-15/h17H,2-14H2,1H3. The minimum Gasteiger partial charge on any atom is -0.396 e. The third-order valence-electron chi connectivity index (χ3n) is 3.19. The number of aliphatic hydroxyl groups excluding tert-OH is 1. The molecule has 2 nitrogen and oxygen atoms in total. The summed E-state index contributed by atoms with van der Waals surface area (Å²) in [6.45, 7) is 5.91. The molecule has 0 aliphatic carbocycles. The highest BCUT2D eigenvalue weighted by Gasteiger charge is 2.00. The summed E-state index contributed by atoms with van der Waals surface area (Å²) in [6, 6.07) is 0. The highest BCUT2D eigenvalue weighted by molar-refractivity contribution is 9.09. The molecule has 17 heavy (non-hydrogen) atoms. The lowest BCUT2D eigenvalue weighted by Gasteiger charge is -2.19. The lowest BCUT2D eigenvalue weighted by atomic mass is 10.1. The number of alkyl halides is 1. The fourth-order valence-corrected chi connectivity index (χ4v) is 2.43. The van der Waals surface area contributed by atoms with Crippen LogP contribution in [0.15, 0.2) is 0 Å². The van der Waals surface area contributed by atoms with Gasteiger partial charge in [-0.25, -0.2) is 0 Å². The van der Waals surface area contributed by atoms with E-state index in [4.69, 9.17) is 5.11 Å². The summed E-state index contributed by atoms with van der Waals surface area (Å²) >= 11 is 3.46. The van der Waals surface area contributed by atoms with Gasteiger partial charge in [-0.2, -0.15) is 0 Å². The molecule has 0 rings (SSSR count). The largest absolute Gasteiger partial charge is 0.396 e. The van der Waals surface area contributed by atoms with Crippen molar-refractivity contribution in [3.63, 3.8) is 0 Å². The molecular weight excluding hydrogens is 278 g/mol. The van der Waals surface area contributed by atoms with Crippen LogP contribution in [0.25, 0.3) is 0 Å². The number of aliphatic hydroxyl groups is 1. The molecule has 0 aromatic rings. The second-order valence-corrected chi connectivity index (χ2v) is 5.47. The van der Waals surface area contributed by atoms with Crippen molar-refractivity contribution < 1.29 is 5.11 Å². The van der Waals surface area contributed by atoms with Gasteiger partial charge in [-0.1, -0.05) is 55.0 Å². The number of halogens is 1. The molecule has 104 valence electrons. The third-order valence-corrected chi connectivity index (χ3v) is 3.75. The monoisotopic (exact) mass is 307 g/mol. The van der Waals surface area contributed by atoms with Crippen molar-refractivity contribution in [2.45, 2.75) is 58.3 Å². The average Bonchev–Trinajstić information content (AvgIpc) is 2.36. The molecule has 0 atom stereocenters. The summed E-state index contributed by atoms with van der Waals surface area (Å²) in [5.74, 6) is 0. The Labute approximate surface area is 116 Å². The Kier molecular flexibility index (Phi) is 14.8. The maximum atomic E-state index is 8.79. The van der Waals surface area contributed by atoms with E-state index >= 15 is 0 Å². The van der Waals surface area contributed by atoms with Gasteiger partial charge in [0.05, 0.1) is 0 Å². The molecule has 0 radical (unpaired) electrons. The van der Waals surface area contributed by atoms with E-state index in [2.05, 4.69) is 27.8 Å². The van der Waals surface area contributed by atoms with Crippen LogP contribution < -0.4 is 0 Å². The number of hydrogen-bond acceptors (Lipinski definition) is 2. The second-order valence-electron chi connectivity index (χ2n) is 4.68. The van der Waals surface area contributed by atoms with Crippen molar-refractivity contribution in [1.29, 1.82) is 0 Å². The van der Waals surface area contributed by atoms with Crippen LogP contribution in [0.2, 0.25) is 0 Å². The average molecular weight is 308 g/mol. The summed E-state index contributed by atoms with van der Waals surface area (Å²) in [4.78, 5) is 2.45. The van der Waals surface area contributed by atoms with E-state index in [1.807, 2.05) is 0 Å². The summed E-state index contributed by atoms with van der Waals surface area (Å²) in [5.41, 5.74) is 0. The molecular formula is C14H30BrNO. The Bertz CT molecular complexity index is 144. The number of unbranched alkanes of at least 4 members (excludes halogenated alkanes) is 6. The van der Waals surface area contributed by atoms with Crippen molar-refractivity contribution in [3.8, 4) is 0 Å². The summed E-state index contributed by atoms with van der Waals surface area (Å²) < 4.78 is 0. The molecule has 1 N–H and O–H groups in total. The fourth-order valence-electron chi connectivity index (χ4n) is 2.04. The first-order valence-electron chi connectivity index (χ1n) is 7.24. The van der Waals surface area contributed by atoms with E-state index in [9.17, 15) is 0 Å². The maximum Gasteiger partial charge on any atom is 0.0443 e. The molecule has 0 aromatic heterocycles. The van der Waals surface area contributed by atoms with E-state index in [1.54, 1.807) is 0 Å². The zero-order valence-electron chi connectivity index (χ0n) is 11.5. The maximum absolute atomic E-state index is 8.79. The highest BCUT2D eigenvalue weighted by Crippen LogP contribution is 2.08. The van der Waals surface area contributed by atoms with Crippen LogP contribution in [0.5, 0.6) is 0 Å². The molecule has 0 unspecified atom stereocenters. The Morgan fingerprint density at radius 1 is 0.824 bits per heavy atom. The quantitative estimate of drug-likeness (QED) is 0.413. The van der Waals surface area contributed by atoms with Gasteiger partial charge in [0.15, 0.2) is 0 Å². The third kappa shape index (κ3) is 12.6. The predicted molar refractivity (Wildman–Crippen MR) is 79.9 cm³/mol. The Hall–Kier alpha value is 0.400. The zero-order valence-corrected chi connectivity index (χ0v) is 13.1. The van der Waals surface area contributed by atoms with Gasteiger partial charge in [0.2, 0.25) is 0 Å². The first-order valence-corrected chi connectivity index (χ1v) is 8.36. The Morgan fingerprint density at radius 2 is 1.35 bits per heavy atom. The van der Waals surface area contributed by atoms with Gasteiger partial charge in [-0.15, -0.1) is 0 Å². The van der Waals surface area contributed by atoms with Gasteiger partial charge in [-0.05, 0) is 32.4 Å². The normalized spacial score (nSPS) is 11.3. The SMILES string of the molecule is CCN(CCCO)CCCCCCCCCBr. The van der Waals surface area contributed by atoms with Gasteiger partial charge >= 0.3 is 0 Å². The lowest BCUT2D eigenvalue weighted by molar-refractivity contribution is 0.227. The zero-order chi connectivity index (χ0) is 12.8. The van der Waals surface area contributed by atoms with E-state index < -0.39 is 0 Å².